The van der Waals surface area contributed by atoms with Crippen LogP contribution in [0.2, 0.25) is 0 Å². The van der Waals surface area contributed by atoms with Crippen molar-refractivity contribution < 1.29 is 4.79 Å². The quantitative estimate of drug-likeness (QED) is 0.860. The number of hydrogen-bond acceptors (Lipinski definition) is 2. The molecule has 26 heavy (non-hydrogen) atoms. The minimum Gasteiger partial charge on any atom is -0.351 e. The second-order valence-corrected chi connectivity index (χ2v) is 9.72. The molecule has 0 aromatic heterocycles. The SMILES string of the molecule is CC1CC2CC(C)(NC(=O)C3CCNCC3)CC(c3ccccc3)(C1)C2. The number of carbonyl (C=O) groups is 1. The van der Waals surface area contributed by atoms with E-state index in [0.29, 0.717) is 5.91 Å². The summed E-state index contributed by atoms with van der Waals surface area (Å²) in [5.74, 6) is 2.00. The molecule has 3 aliphatic rings. The lowest BCUT2D eigenvalue weighted by molar-refractivity contribution is -0.129. The number of hydrogen-bond donors (Lipinski definition) is 2. The molecule has 2 aliphatic carbocycles. The zero-order chi connectivity index (χ0) is 18.2. The lowest BCUT2D eigenvalue weighted by atomic mass is 9.52. The van der Waals surface area contributed by atoms with Gasteiger partial charge in [0, 0.05) is 11.5 Å². The fourth-order valence-corrected chi connectivity index (χ4v) is 6.50. The van der Waals surface area contributed by atoms with Crippen molar-refractivity contribution in [2.75, 3.05) is 13.1 Å². The van der Waals surface area contributed by atoms with Crippen molar-refractivity contribution in [2.45, 2.75) is 69.7 Å². The largest absolute Gasteiger partial charge is 0.351 e. The molecule has 1 aromatic rings. The number of piperidine rings is 1. The van der Waals surface area contributed by atoms with Gasteiger partial charge in [0.15, 0.2) is 0 Å². The van der Waals surface area contributed by atoms with Crippen molar-refractivity contribution in [3.05, 3.63) is 35.9 Å². The third kappa shape index (κ3) is 3.55. The Kier molecular flexibility index (Phi) is 4.85. The Labute approximate surface area is 158 Å². The van der Waals surface area contributed by atoms with Crippen molar-refractivity contribution in [2.24, 2.45) is 17.8 Å². The van der Waals surface area contributed by atoms with Gasteiger partial charge in [-0.15, -0.1) is 0 Å². The Morgan fingerprint density at radius 2 is 1.85 bits per heavy atom. The molecule has 1 amide bonds. The summed E-state index contributed by atoms with van der Waals surface area (Å²) in [6, 6.07) is 11.1. The Hall–Kier alpha value is -1.35. The van der Waals surface area contributed by atoms with Crippen LogP contribution in [0.1, 0.15) is 64.4 Å². The van der Waals surface area contributed by atoms with Crippen LogP contribution in [0.15, 0.2) is 30.3 Å². The molecule has 1 heterocycles. The lowest BCUT2D eigenvalue weighted by Gasteiger charge is -2.55. The maximum atomic E-state index is 13.0. The van der Waals surface area contributed by atoms with Crippen LogP contribution in [-0.4, -0.2) is 24.5 Å². The number of rotatable bonds is 3. The van der Waals surface area contributed by atoms with Gasteiger partial charge in [-0.25, -0.2) is 0 Å². The van der Waals surface area contributed by atoms with E-state index in [9.17, 15) is 4.79 Å². The molecule has 1 aliphatic heterocycles. The zero-order valence-electron chi connectivity index (χ0n) is 16.4. The van der Waals surface area contributed by atoms with Crippen molar-refractivity contribution in [1.29, 1.82) is 0 Å². The van der Waals surface area contributed by atoms with Crippen LogP contribution >= 0.6 is 0 Å². The molecule has 142 valence electrons. The molecule has 4 rings (SSSR count). The van der Waals surface area contributed by atoms with E-state index in [1.54, 1.807) is 0 Å². The van der Waals surface area contributed by atoms with Crippen LogP contribution in [-0.2, 0) is 10.2 Å². The molecule has 0 radical (unpaired) electrons. The lowest BCUT2D eigenvalue weighted by Crippen LogP contribution is -2.58. The van der Waals surface area contributed by atoms with Crippen molar-refractivity contribution in [3.8, 4) is 0 Å². The van der Waals surface area contributed by atoms with Crippen molar-refractivity contribution in [1.82, 2.24) is 10.6 Å². The summed E-state index contributed by atoms with van der Waals surface area (Å²) in [5.41, 5.74) is 1.65. The van der Waals surface area contributed by atoms with E-state index in [1.165, 1.54) is 24.8 Å². The third-order valence-electron chi connectivity index (χ3n) is 7.14. The van der Waals surface area contributed by atoms with Crippen molar-refractivity contribution >= 4 is 5.91 Å². The summed E-state index contributed by atoms with van der Waals surface area (Å²) in [6.45, 7) is 6.68. The van der Waals surface area contributed by atoms with Crippen molar-refractivity contribution in [3.63, 3.8) is 0 Å². The van der Waals surface area contributed by atoms with Gasteiger partial charge in [-0.3, -0.25) is 4.79 Å². The van der Waals surface area contributed by atoms with Gasteiger partial charge in [0.2, 0.25) is 5.91 Å². The summed E-state index contributed by atoms with van der Waals surface area (Å²) in [7, 11) is 0. The number of amides is 1. The highest BCUT2D eigenvalue weighted by Crippen LogP contribution is 2.55. The van der Waals surface area contributed by atoms with E-state index in [4.69, 9.17) is 0 Å². The minimum absolute atomic E-state index is 0.0686. The second-order valence-electron chi connectivity index (χ2n) is 9.72. The Morgan fingerprint density at radius 3 is 2.58 bits per heavy atom. The molecule has 4 atom stereocenters. The van der Waals surface area contributed by atoms with Gasteiger partial charge in [-0.1, -0.05) is 37.3 Å². The van der Waals surface area contributed by atoms with Gasteiger partial charge >= 0.3 is 0 Å². The Morgan fingerprint density at radius 1 is 1.12 bits per heavy atom. The molecule has 3 heteroatoms. The summed E-state index contributed by atoms with van der Waals surface area (Å²) in [5, 5.41) is 6.90. The topological polar surface area (TPSA) is 41.1 Å². The zero-order valence-corrected chi connectivity index (χ0v) is 16.4. The predicted octanol–water partition coefficient (Wildman–Crippen LogP) is 4.03. The molecule has 2 saturated carbocycles. The normalized spacial score (nSPS) is 37.9. The highest BCUT2D eigenvalue weighted by atomic mass is 16.2. The molecule has 2 bridgehead atoms. The second kappa shape index (κ2) is 6.99. The van der Waals surface area contributed by atoms with E-state index >= 15 is 0 Å². The maximum Gasteiger partial charge on any atom is 0.223 e. The van der Waals surface area contributed by atoms with E-state index in [0.717, 1.165) is 50.6 Å². The van der Waals surface area contributed by atoms with Gasteiger partial charge in [0.1, 0.15) is 0 Å². The first-order valence-electron chi connectivity index (χ1n) is 10.6. The first-order valence-corrected chi connectivity index (χ1v) is 10.6. The molecule has 1 aromatic carbocycles. The molecule has 3 nitrogen and oxygen atoms in total. The first kappa shape index (κ1) is 18.0. The summed E-state index contributed by atoms with van der Waals surface area (Å²) in [4.78, 5) is 13.0. The average Bonchev–Trinajstić information content (AvgIpc) is 2.61. The van der Waals surface area contributed by atoms with Crippen LogP contribution < -0.4 is 10.6 Å². The molecule has 4 unspecified atom stereocenters. The van der Waals surface area contributed by atoms with Crippen LogP contribution in [0.5, 0.6) is 0 Å². The molecule has 2 N–H and O–H groups in total. The maximum absolute atomic E-state index is 13.0. The van der Waals surface area contributed by atoms with E-state index < -0.39 is 0 Å². The Balaban J connectivity index is 1.57. The van der Waals surface area contributed by atoms with E-state index in [1.807, 2.05) is 0 Å². The van der Waals surface area contributed by atoms with Gasteiger partial charge in [0.05, 0.1) is 0 Å². The standard InChI is InChI=1S/C23H34N2O/c1-17-12-18-14-22(2,25-21(26)19-8-10-24-11-9-19)16-23(13-17,15-18)20-6-4-3-5-7-20/h3-7,17-19,24H,8-16H2,1-2H3,(H,25,26). The van der Waals surface area contributed by atoms with Gasteiger partial charge in [-0.05, 0) is 87.8 Å². The van der Waals surface area contributed by atoms with E-state index in [-0.39, 0.29) is 16.9 Å². The summed E-state index contributed by atoms with van der Waals surface area (Å²) < 4.78 is 0. The average molecular weight is 355 g/mol. The number of carbonyl (C=O) groups excluding carboxylic acids is 1. The molecular formula is C23H34N2O. The van der Waals surface area contributed by atoms with Crippen LogP contribution in [0.25, 0.3) is 0 Å². The minimum atomic E-state index is -0.0686. The molecule has 3 fully saturated rings. The Bertz CT molecular complexity index is 635. The van der Waals surface area contributed by atoms with Crippen LogP contribution in [0.4, 0.5) is 0 Å². The number of benzene rings is 1. The molecule has 0 spiro atoms. The number of fused-ring (bicyclic) bond motifs is 2. The van der Waals surface area contributed by atoms with E-state index in [2.05, 4.69) is 54.8 Å². The fourth-order valence-electron chi connectivity index (χ4n) is 6.50. The first-order chi connectivity index (χ1) is 12.5. The highest BCUT2D eigenvalue weighted by molar-refractivity contribution is 5.79. The fraction of sp³-hybridized carbons (Fsp3) is 0.696. The van der Waals surface area contributed by atoms with Gasteiger partial charge in [-0.2, -0.15) is 0 Å². The predicted molar refractivity (Wildman–Crippen MR) is 106 cm³/mol. The van der Waals surface area contributed by atoms with Gasteiger partial charge in [0.25, 0.3) is 0 Å². The van der Waals surface area contributed by atoms with Crippen LogP contribution in [0, 0.1) is 17.8 Å². The third-order valence-corrected chi connectivity index (χ3v) is 7.14. The molecular weight excluding hydrogens is 320 g/mol. The molecule has 1 saturated heterocycles. The number of nitrogens with one attached hydrogen (secondary N) is 2. The monoisotopic (exact) mass is 354 g/mol. The smallest absolute Gasteiger partial charge is 0.223 e. The van der Waals surface area contributed by atoms with Gasteiger partial charge < -0.3 is 10.6 Å². The van der Waals surface area contributed by atoms with Crippen LogP contribution in [0.3, 0.4) is 0 Å². The summed E-state index contributed by atoms with van der Waals surface area (Å²) >= 11 is 0. The summed E-state index contributed by atoms with van der Waals surface area (Å²) in [6.07, 6.45) is 8.04. The highest BCUT2D eigenvalue weighted by Gasteiger charge is 2.51.